The molecule has 0 atom stereocenters. The maximum absolute atomic E-state index is 13.5. The van der Waals surface area contributed by atoms with Crippen molar-refractivity contribution in [2.24, 2.45) is 0 Å². The Morgan fingerprint density at radius 3 is 2.22 bits per heavy atom. The van der Waals surface area contributed by atoms with Gasteiger partial charge >= 0.3 is 5.69 Å². The minimum Gasteiger partial charge on any atom is -0.353 e. The summed E-state index contributed by atoms with van der Waals surface area (Å²) in [6.07, 6.45) is 2.27. The summed E-state index contributed by atoms with van der Waals surface area (Å²) < 4.78 is 2.38. The Balaban J connectivity index is 1.44. The first-order valence-corrected chi connectivity index (χ1v) is 11.9. The van der Waals surface area contributed by atoms with E-state index in [0.29, 0.717) is 23.1 Å². The average Bonchev–Trinajstić information content (AvgIpc) is 3.71. The molecular formula is C28H26N4O4. The molecule has 0 unspecified atom stereocenters. The number of carbonyl (C=O) groups excluding carboxylic acids is 2. The number of amides is 2. The molecule has 36 heavy (non-hydrogen) atoms. The molecule has 4 aromatic rings. The third kappa shape index (κ3) is 5.12. The molecule has 2 amide bonds. The van der Waals surface area contributed by atoms with Gasteiger partial charge in [-0.3, -0.25) is 19.0 Å². The molecule has 1 saturated carbocycles. The Kier molecular flexibility index (Phi) is 6.49. The van der Waals surface area contributed by atoms with E-state index in [4.69, 9.17) is 0 Å². The van der Waals surface area contributed by atoms with Gasteiger partial charge < -0.3 is 10.6 Å². The fourth-order valence-electron chi connectivity index (χ4n) is 4.15. The summed E-state index contributed by atoms with van der Waals surface area (Å²) in [5, 5.41) is 6.11. The zero-order valence-corrected chi connectivity index (χ0v) is 19.6. The van der Waals surface area contributed by atoms with Crippen LogP contribution in [0.25, 0.3) is 16.6 Å². The lowest BCUT2D eigenvalue weighted by atomic mass is 10.1. The van der Waals surface area contributed by atoms with Crippen LogP contribution in [-0.2, 0) is 29.1 Å². The van der Waals surface area contributed by atoms with Gasteiger partial charge in [-0.15, -0.1) is 0 Å². The van der Waals surface area contributed by atoms with Crippen molar-refractivity contribution in [1.29, 1.82) is 0 Å². The van der Waals surface area contributed by atoms with Gasteiger partial charge in [-0.2, -0.15) is 0 Å². The van der Waals surface area contributed by atoms with E-state index in [9.17, 15) is 19.2 Å². The van der Waals surface area contributed by atoms with E-state index in [1.807, 2.05) is 30.3 Å². The van der Waals surface area contributed by atoms with E-state index >= 15 is 0 Å². The topological polar surface area (TPSA) is 102 Å². The first kappa shape index (κ1) is 23.3. The smallest absolute Gasteiger partial charge is 0.336 e. The van der Waals surface area contributed by atoms with Crippen LogP contribution in [0.4, 0.5) is 0 Å². The third-order valence-electron chi connectivity index (χ3n) is 6.19. The van der Waals surface area contributed by atoms with Crippen molar-refractivity contribution in [3.05, 3.63) is 111 Å². The van der Waals surface area contributed by atoms with E-state index < -0.39 is 11.2 Å². The number of hydrogen-bond acceptors (Lipinski definition) is 4. The molecular weight excluding hydrogens is 456 g/mol. The largest absolute Gasteiger partial charge is 0.353 e. The fraction of sp³-hybridized carbons (Fsp3) is 0.214. The summed E-state index contributed by atoms with van der Waals surface area (Å²) in [6.45, 7) is 0.105. The maximum Gasteiger partial charge on any atom is 0.336 e. The van der Waals surface area contributed by atoms with Gasteiger partial charge in [-0.1, -0.05) is 54.6 Å². The average molecular weight is 483 g/mol. The van der Waals surface area contributed by atoms with E-state index in [-0.39, 0.29) is 30.8 Å². The number of carbonyl (C=O) groups is 2. The van der Waals surface area contributed by atoms with Crippen molar-refractivity contribution in [3.63, 3.8) is 0 Å². The van der Waals surface area contributed by atoms with Gasteiger partial charge in [0, 0.05) is 12.6 Å². The molecule has 0 saturated heterocycles. The second-order valence-corrected chi connectivity index (χ2v) is 8.97. The molecule has 0 aliphatic heterocycles. The number of nitrogens with one attached hydrogen (secondary N) is 2. The normalized spacial score (nSPS) is 12.9. The second kappa shape index (κ2) is 10.0. The number of rotatable bonds is 8. The van der Waals surface area contributed by atoms with Gasteiger partial charge in [0.2, 0.25) is 11.8 Å². The van der Waals surface area contributed by atoms with Crippen LogP contribution in [-0.4, -0.2) is 27.0 Å². The minimum absolute atomic E-state index is 0.0445. The first-order valence-electron chi connectivity index (χ1n) is 11.9. The standard InChI is InChI=1S/C28H26N4O4/c33-25(30-21-12-13-21)16-19-10-14-22(15-11-19)32-27(35)23-8-4-5-9-24(23)31(28(32)36)18-26(34)29-17-20-6-2-1-3-7-20/h1-11,14-15,21H,12-13,16-18H2,(H,29,34)(H,30,33). The second-order valence-electron chi connectivity index (χ2n) is 8.97. The molecule has 1 fully saturated rings. The Hall–Kier alpha value is -4.46. The lowest BCUT2D eigenvalue weighted by Crippen LogP contribution is -2.41. The molecule has 8 heteroatoms. The summed E-state index contributed by atoms with van der Waals surface area (Å²) in [4.78, 5) is 51.6. The maximum atomic E-state index is 13.5. The molecule has 0 radical (unpaired) electrons. The molecule has 182 valence electrons. The summed E-state index contributed by atoms with van der Waals surface area (Å²) in [5.41, 5.74) is 1.43. The fourth-order valence-corrected chi connectivity index (χ4v) is 4.15. The van der Waals surface area contributed by atoms with Crippen molar-refractivity contribution >= 4 is 22.7 Å². The van der Waals surface area contributed by atoms with Crippen LogP contribution in [0.2, 0.25) is 0 Å². The Morgan fingerprint density at radius 1 is 0.806 bits per heavy atom. The van der Waals surface area contributed by atoms with E-state index in [0.717, 1.165) is 28.5 Å². The molecule has 5 rings (SSSR count). The van der Waals surface area contributed by atoms with Gasteiger partial charge in [0.1, 0.15) is 6.54 Å². The van der Waals surface area contributed by atoms with E-state index in [1.165, 1.54) is 4.57 Å². The van der Waals surface area contributed by atoms with Gasteiger partial charge in [0.15, 0.2) is 0 Å². The third-order valence-corrected chi connectivity index (χ3v) is 6.19. The van der Waals surface area contributed by atoms with E-state index in [1.54, 1.807) is 48.5 Å². The molecule has 8 nitrogen and oxygen atoms in total. The molecule has 1 aliphatic rings. The summed E-state index contributed by atoms with van der Waals surface area (Å²) in [7, 11) is 0. The van der Waals surface area contributed by atoms with Gasteiger partial charge in [-0.25, -0.2) is 9.36 Å². The van der Waals surface area contributed by atoms with Crippen LogP contribution >= 0.6 is 0 Å². The Bertz CT molecular complexity index is 1530. The highest BCUT2D eigenvalue weighted by atomic mass is 16.2. The quantitative estimate of drug-likeness (QED) is 0.402. The highest BCUT2D eigenvalue weighted by molar-refractivity contribution is 5.82. The molecule has 3 aromatic carbocycles. The number of aromatic nitrogens is 2. The predicted molar refractivity (Wildman–Crippen MR) is 137 cm³/mol. The highest BCUT2D eigenvalue weighted by Gasteiger charge is 2.23. The first-order chi connectivity index (χ1) is 17.5. The number of benzene rings is 3. The monoisotopic (exact) mass is 482 g/mol. The SMILES string of the molecule is O=C(Cn1c(=O)n(-c2ccc(CC(=O)NC3CC3)cc2)c(=O)c2ccccc21)NCc1ccccc1. The van der Waals surface area contributed by atoms with Gasteiger partial charge in [0.05, 0.1) is 23.0 Å². The van der Waals surface area contributed by atoms with Crippen molar-refractivity contribution in [2.75, 3.05) is 0 Å². The van der Waals surface area contributed by atoms with Crippen LogP contribution < -0.4 is 21.9 Å². The van der Waals surface area contributed by atoms with Gasteiger partial charge in [0.25, 0.3) is 5.56 Å². The number of nitrogens with zero attached hydrogens (tertiary/aromatic N) is 2. The molecule has 2 N–H and O–H groups in total. The Labute approximate surface area is 207 Å². The molecule has 0 bridgehead atoms. The van der Waals surface area contributed by atoms with Crippen molar-refractivity contribution in [2.45, 2.75) is 38.4 Å². The molecule has 1 heterocycles. The summed E-state index contributed by atoms with van der Waals surface area (Å²) in [6, 6.07) is 23.3. The molecule has 1 aliphatic carbocycles. The summed E-state index contributed by atoms with van der Waals surface area (Å²) >= 11 is 0. The lowest BCUT2D eigenvalue weighted by Gasteiger charge is -2.14. The van der Waals surface area contributed by atoms with Crippen molar-refractivity contribution in [1.82, 2.24) is 19.8 Å². The van der Waals surface area contributed by atoms with Crippen molar-refractivity contribution in [3.8, 4) is 5.69 Å². The van der Waals surface area contributed by atoms with Crippen LogP contribution in [0.5, 0.6) is 0 Å². The minimum atomic E-state index is -0.604. The summed E-state index contributed by atoms with van der Waals surface area (Å²) in [5.74, 6) is -0.384. The van der Waals surface area contributed by atoms with E-state index in [2.05, 4.69) is 10.6 Å². The van der Waals surface area contributed by atoms with Crippen molar-refractivity contribution < 1.29 is 9.59 Å². The zero-order valence-electron chi connectivity index (χ0n) is 19.6. The van der Waals surface area contributed by atoms with Crippen LogP contribution in [0, 0.1) is 0 Å². The van der Waals surface area contributed by atoms with Crippen LogP contribution in [0.3, 0.4) is 0 Å². The van der Waals surface area contributed by atoms with Gasteiger partial charge in [-0.05, 0) is 48.2 Å². The Morgan fingerprint density at radius 2 is 1.50 bits per heavy atom. The number of fused-ring (bicyclic) bond motifs is 1. The lowest BCUT2D eigenvalue weighted by molar-refractivity contribution is -0.122. The van der Waals surface area contributed by atoms with Crippen LogP contribution in [0.1, 0.15) is 24.0 Å². The number of hydrogen-bond donors (Lipinski definition) is 2. The van der Waals surface area contributed by atoms with Crippen LogP contribution in [0.15, 0.2) is 88.5 Å². The predicted octanol–water partition coefficient (Wildman–Crippen LogP) is 2.29. The molecule has 1 aromatic heterocycles. The number of para-hydroxylation sites is 1. The zero-order chi connectivity index (χ0) is 25.1. The molecule has 0 spiro atoms. The highest BCUT2D eigenvalue weighted by Crippen LogP contribution is 2.19.